The first-order valence-electron chi connectivity index (χ1n) is 7.94. The normalized spacial score (nSPS) is 21.0. The van der Waals surface area contributed by atoms with Gasteiger partial charge in [-0.3, -0.25) is 9.78 Å². The number of carbonyl (C=O) groups is 1. The Morgan fingerprint density at radius 2 is 2.09 bits per heavy atom. The Labute approximate surface area is 132 Å². The molecule has 1 amide bonds. The number of anilines is 1. The van der Waals surface area contributed by atoms with E-state index in [1.165, 1.54) is 12.3 Å². The molecular weight excluding hydrogens is 300 g/mol. The third kappa shape index (κ3) is 2.62. The van der Waals surface area contributed by atoms with Gasteiger partial charge in [0.15, 0.2) is 5.82 Å². The summed E-state index contributed by atoms with van der Waals surface area (Å²) in [5.41, 5.74) is 0.805. The van der Waals surface area contributed by atoms with Crippen LogP contribution >= 0.6 is 0 Å². The van der Waals surface area contributed by atoms with Crippen LogP contribution in [0.25, 0.3) is 10.9 Å². The average Bonchev–Trinajstić information content (AvgIpc) is 3.19. The van der Waals surface area contributed by atoms with Gasteiger partial charge in [-0.15, -0.1) is 0 Å². The van der Waals surface area contributed by atoms with Crippen molar-refractivity contribution >= 4 is 22.5 Å². The number of nitrogens with zero attached hydrogens (tertiary/aromatic N) is 2. The Hall–Kier alpha value is -2.24. The number of rotatable bonds is 3. The molecule has 2 aliphatic rings. The second kappa shape index (κ2) is 5.44. The minimum Gasteiger partial charge on any atom is -0.359 e. The zero-order chi connectivity index (χ0) is 16.0. The highest BCUT2D eigenvalue weighted by Crippen LogP contribution is 2.33. The van der Waals surface area contributed by atoms with Crippen LogP contribution in [0.1, 0.15) is 25.7 Å². The number of halogens is 2. The van der Waals surface area contributed by atoms with Crippen molar-refractivity contribution in [2.75, 3.05) is 11.4 Å². The molecule has 23 heavy (non-hydrogen) atoms. The molecule has 2 aromatic rings. The molecule has 2 heterocycles. The lowest BCUT2D eigenvalue weighted by atomic mass is 10.1. The predicted molar refractivity (Wildman–Crippen MR) is 83.2 cm³/mol. The van der Waals surface area contributed by atoms with Crippen molar-refractivity contribution in [2.45, 2.75) is 37.8 Å². The van der Waals surface area contributed by atoms with Crippen LogP contribution in [0.4, 0.5) is 14.5 Å². The van der Waals surface area contributed by atoms with E-state index in [-0.39, 0.29) is 17.5 Å². The molecule has 4 rings (SSSR count). The highest BCUT2D eigenvalue weighted by atomic mass is 19.1. The molecule has 6 heteroatoms. The SMILES string of the molecule is O=C(NC1CC1)[C@@H]1CCCN1c1ccnc2c(F)cc(F)cc12. The van der Waals surface area contributed by atoms with Crippen LogP contribution in [0.15, 0.2) is 24.4 Å². The number of pyridine rings is 1. The molecule has 0 spiro atoms. The Kier molecular flexibility index (Phi) is 3.39. The maximum atomic E-state index is 13.9. The Bertz CT molecular complexity index is 776. The lowest BCUT2D eigenvalue weighted by Gasteiger charge is -2.27. The number of aromatic nitrogens is 1. The van der Waals surface area contributed by atoms with Crippen molar-refractivity contribution in [3.05, 3.63) is 36.0 Å². The van der Waals surface area contributed by atoms with Crippen LogP contribution in [-0.4, -0.2) is 29.5 Å². The van der Waals surface area contributed by atoms with Gasteiger partial charge >= 0.3 is 0 Å². The topological polar surface area (TPSA) is 45.2 Å². The molecule has 0 bridgehead atoms. The summed E-state index contributed by atoms with van der Waals surface area (Å²) in [6.07, 6.45) is 5.21. The van der Waals surface area contributed by atoms with Gasteiger partial charge in [-0.1, -0.05) is 0 Å². The van der Waals surface area contributed by atoms with Crippen molar-refractivity contribution in [2.24, 2.45) is 0 Å². The molecule has 1 aromatic heterocycles. The second-order valence-electron chi connectivity index (χ2n) is 6.25. The Morgan fingerprint density at radius 3 is 2.87 bits per heavy atom. The second-order valence-corrected chi connectivity index (χ2v) is 6.25. The van der Waals surface area contributed by atoms with E-state index >= 15 is 0 Å². The van der Waals surface area contributed by atoms with Gasteiger partial charge in [0, 0.05) is 35.9 Å². The van der Waals surface area contributed by atoms with Crippen molar-refractivity contribution in [3.8, 4) is 0 Å². The highest BCUT2D eigenvalue weighted by molar-refractivity contribution is 5.95. The summed E-state index contributed by atoms with van der Waals surface area (Å²) >= 11 is 0. The average molecular weight is 317 g/mol. The summed E-state index contributed by atoms with van der Waals surface area (Å²) in [7, 11) is 0. The van der Waals surface area contributed by atoms with E-state index < -0.39 is 11.6 Å². The van der Waals surface area contributed by atoms with Crippen molar-refractivity contribution < 1.29 is 13.6 Å². The molecule has 1 aliphatic carbocycles. The van der Waals surface area contributed by atoms with E-state index in [1.54, 1.807) is 6.07 Å². The summed E-state index contributed by atoms with van der Waals surface area (Å²) in [5.74, 6) is -1.31. The van der Waals surface area contributed by atoms with Gasteiger partial charge in [0.25, 0.3) is 0 Å². The van der Waals surface area contributed by atoms with Gasteiger partial charge in [0.1, 0.15) is 17.4 Å². The largest absolute Gasteiger partial charge is 0.359 e. The molecule has 1 saturated carbocycles. The van der Waals surface area contributed by atoms with Gasteiger partial charge in [0.2, 0.25) is 5.91 Å². The molecule has 0 unspecified atom stereocenters. The number of hydrogen-bond acceptors (Lipinski definition) is 3. The quantitative estimate of drug-likeness (QED) is 0.947. The number of benzene rings is 1. The monoisotopic (exact) mass is 317 g/mol. The first-order valence-corrected chi connectivity index (χ1v) is 7.94. The first kappa shape index (κ1) is 14.4. The fourth-order valence-electron chi connectivity index (χ4n) is 3.27. The minimum atomic E-state index is -0.681. The van der Waals surface area contributed by atoms with Crippen molar-refractivity contribution in [1.29, 1.82) is 0 Å². The summed E-state index contributed by atoms with van der Waals surface area (Å²) in [6, 6.07) is 3.86. The van der Waals surface area contributed by atoms with Crippen LogP contribution in [0.5, 0.6) is 0 Å². The number of nitrogens with one attached hydrogen (secondary N) is 1. The molecular formula is C17H17F2N3O. The molecule has 1 aromatic carbocycles. The van der Waals surface area contributed by atoms with Crippen LogP contribution in [-0.2, 0) is 4.79 Å². The summed E-state index contributed by atoms with van der Waals surface area (Å²) < 4.78 is 27.6. The lowest BCUT2D eigenvalue weighted by molar-refractivity contribution is -0.122. The fourth-order valence-corrected chi connectivity index (χ4v) is 3.27. The zero-order valence-corrected chi connectivity index (χ0v) is 12.6. The smallest absolute Gasteiger partial charge is 0.242 e. The molecule has 1 atom stereocenters. The van der Waals surface area contributed by atoms with Crippen LogP contribution in [0.3, 0.4) is 0 Å². The van der Waals surface area contributed by atoms with E-state index in [2.05, 4.69) is 10.3 Å². The van der Waals surface area contributed by atoms with Crippen molar-refractivity contribution in [1.82, 2.24) is 10.3 Å². The maximum absolute atomic E-state index is 13.9. The third-order valence-electron chi connectivity index (χ3n) is 4.53. The zero-order valence-electron chi connectivity index (χ0n) is 12.6. The minimum absolute atomic E-state index is 0.00633. The van der Waals surface area contributed by atoms with E-state index in [0.717, 1.165) is 31.7 Å². The number of amides is 1. The summed E-state index contributed by atoms with van der Waals surface area (Å²) in [5, 5.41) is 3.44. The van der Waals surface area contributed by atoms with Crippen LogP contribution < -0.4 is 10.2 Å². The first-order chi connectivity index (χ1) is 11.1. The maximum Gasteiger partial charge on any atom is 0.242 e. The number of carbonyl (C=O) groups excluding carboxylic acids is 1. The van der Waals surface area contributed by atoms with Gasteiger partial charge < -0.3 is 10.2 Å². The molecule has 1 saturated heterocycles. The highest BCUT2D eigenvalue weighted by Gasteiger charge is 2.34. The molecule has 0 radical (unpaired) electrons. The van der Waals surface area contributed by atoms with Gasteiger partial charge in [-0.2, -0.15) is 0 Å². The molecule has 120 valence electrons. The fraction of sp³-hybridized carbons (Fsp3) is 0.412. The Morgan fingerprint density at radius 1 is 1.26 bits per heavy atom. The summed E-state index contributed by atoms with van der Waals surface area (Å²) in [4.78, 5) is 18.4. The van der Waals surface area contributed by atoms with E-state index in [1.807, 2.05) is 4.90 Å². The van der Waals surface area contributed by atoms with Gasteiger partial charge in [-0.05, 0) is 37.8 Å². The van der Waals surface area contributed by atoms with E-state index in [9.17, 15) is 13.6 Å². The summed E-state index contributed by atoms with van der Waals surface area (Å²) in [6.45, 7) is 0.694. The third-order valence-corrected chi connectivity index (χ3v) is 4.53. The van der Waals surface area contributed by atoms with Gasteiger partial charge in [0.05, 0.1) is 0 Å². The van der Waals surface area contributed by atoms with Crippen LogP contribution in [0, 0.1) is 11.6 Å². The van der Waals surface area contributed by atoms with E-state index in [4.69, 9.17) is 0 Å². The Balaban J connectivity index is 1.73. The van der Waals surface area contributed by atoms with Crippen LogP contribution in [0.2, 0.25) is 0 Å². The molecule has 1 N–H and O–H groups in total. The molecule has 2 fully saturated rings. The lowest BCUT2D eigenvalue weighted by Crippen LogP contribution is -2.44. The number of hydrogen-bond donors (Lipinski definition) is 1. The van der Waals surface area contributed by atoms with Gasteiger partial charge in [-0.25, -0.2) is 8.78 Å². The molecule has 4 nitrogen and oxygen atoms in total. The van der Waals surface area contributed by atoms with E-state index in [0.29, 0.717) is 23.7 Å². The number of fused-ring (bicyclic) bond motifs is 1. The molecule has 1 aliphatic heterocycles. The van der Waals surface area contributed by atoms with Crippen molar-refractivity contribution in [3.63, 3.8) is 0 Å². The predicted octanol–water partition coefficient (Wildman–Crippen LogP) is 2.76. The standard InChI is InChI=1S/C17H17F2N3O/c18-10-8-12-14(5-6-20-16(12)13(19)9-10)22-7-1-2-15(22)17(23)21-11-3-4-11/h5-6,8-9,11,15H,1-4,7H2,(H,21,23)/t15-/m0/s1.